The zero-order valence-electron chi connectivity index (χ0n) is 13.3. The summed E-state index contributed by atoms with van der Waals surface area (Å²) >= 11 is 0. The second kappa shape index (κ2) is 6.66. The van der Waals surface area contributed by atoms with Crippen molar-refractivity contribution in [2.45, 2.75) is 46.0 Å². The van der Waals surface area contributed by atoms with Crippen LogP contribution in [0.2, 0.25) is 0 Å². The summed E-state index contributed by atoms with van der Waals surface area (Å²) in [6.07, 6.45) is 5.42. The minimum atomic E-state index is 0.0125. The van der Waals surface area contributed by atoms with Crippen LogP contribution in [0.3, 0.4) is 0 Å². The van der Waals surface area contributed by atoms with E-state index in [2.05, 4.69) is 49.0 Å². The van der Waals surface area contributed by atoms with Crippen molar-refractivity contribution >= 4 is 5.82 Å². The van der Waals surface area contributed by atoms with E-state index >= 15 is 0 Å². The monoisotopic (exact) mass is 284 g/mol. The summed E-state index contributed by atoms with van der Waals surface area (Å²) in [7, 11) is 0. The number of anilines is 1. The highest BCUT2D eigenvalue weighted by Crippen LogP contribution is 2.23. The number of hydrogen-bond acceptors (Lipinski definition) is 4. The smallest absolute Gasteiger partial charge is 0.135 e. The molecule has 0 spiro atoms. The van der Waals surface area contributed by atoms with Crippen molar-refractivity contribution in [1.82, 2.24) is 15.0 Å². The molecule has 2 heterocycles. The van der Waals surface area contributed by atoms with Crippen LogP contribution < -0.4 is 5.32 Å². The van der Waals surface area contributed by atoms with Gasteiger partial charge in [-0.25, -0.2) is 9.97 Å². The second-order valence-electron chi connectivity index (χ2n) is 6.26. The fourth-order valence-corrected chi connectivity index (χ4v) is 1.99. The third-order valence-corrected chi connectivity index (χ3v) is 3.21. The normalized spacial score (nSPS) is 11.4. The summed E-state index contributed by atoms with van der Waals surface area (Å²) in [6, 6.07) is 6.07. The predicted molar refractivity (Wildman–Crippen MR) is 86.6 cm³/mol. The number of pyridine rings is 1. The molecule has 2 rings (SSSR count). The number of rotatable bonds is 5. The van der Waals surface area contributed by atoms with Crippen LogP contribution >= 0.6 is 0 Å². The van der Waals surface area contributed by atoms with Gasteiger partial charge >= 0.3 is 0 Å². The first-order chi connectivity index (χ1) is 9.99. The zero-order chi connectivity index (χ0) is 15.3. The van der Waals surface area contributed by atoms with Gasteiger partial charge in [0.1, 0.15) is 11.6 Å². The molecule has 0 aliphatic rings. The Kier molecular flexibility index (Phi) is 4.89. The summed E-state index contributed by atoms with van der Waals surface area (Å²) in [6.45, 7) is 9.60. The number of nitrogens with one attached hydrogen (secondary N) is 1. The topological polar surface area (TPSA) is 50.7 Å². The molecule has 0 radical (unpaired) electrons. The van der Waals surface area contributed by atoms with Gasteiger partial charge in [0.15, 0.2) is 0 Å². The van der Waals surface area contributed by atoms with Crippen LogP contribution in [0, 0.1) is 0 Å². The molecule has 0 aliphatic heterocycles. The van der Waals surface area contributed by atoms with Gasteiger partial charge in [-0.1, -0.05) is 27.7 Å². The number of hydrogen-bond donors (Lipinski definition) is 1. The van der Waals surface area contributed by atoms with Crippen molar-refractivity contribution in [2.24, 2.45) is 0 Å². The Bertz CT molecular complexity index is 573. The molecule has 0 unspecified atom stereocenters. The molecule has 0 amide bonds. The van der Waals surface area contributed by atoms with Gasteiger partial charge in [-0.3, -0.25) is 4.98 Å². The van der Waals surface area contributed by atoms with Crippen molar-refractivity contribution < 1.29 is 0 Å². The van der Waals surface area contributed by atoms with E-state index in [4.69, 9.17) is 4.98 Å². The summed E-state index contributed by atoms with van der Waals surface area (Å²) in [5.74, 6) is 1.77. The summed E-state index contributed by atoms with van der Waals surface area (Å²) in [4.78, 5) is 13.4. The average molecular weight is 284 g/mol. The standard InChI is InChI=1S/C17H24N4/c1-5-8-19-15-12-14(17(2,3)4)20-16(21-15)11-13-6-9-18-10-7-13/h6-7,9-10,12H,5,8,11H2,1-4H3,(H,19,20,21). The van der Waals surface area contributed by atoms with Gasteiger partial charge in [-0.2, -0.15) is 0 Å². The molecule has 0 saturated heterocycles. The largest absolute Gasteiger partial charge is 0.370 e. The van der Waals surface area contributed by atoms with Crippen LogP contribution in [-0.4, -0.2) is 21.5 Å². The Labute approximate surface area is 127 Å². The molecule has 0 atom stereocenters. The third-order valence-electron chi connectivity index (χ3n) is 3.21. The number of nitrogens with zero attached hydrogens (tertiary/aromatic N) is 3. The van der Waals surface area contributed by atoms with E-state index in [1.54, 1.807) is 12.4 Å². The van der Waals surface area contributed by atoms with E-state index in [-0.39, 0.29) is 5.41 Å². The number of aromatic nitrogens is 3. The molecule has 2 aromatic heterocycles. The SMILES string of the molecule is CCCNc1cc(C(C)(C)C)nc(Cc2ccncc2)n1. The van der Waals surface area contributed by atoms with E-state index < -0.39 is 0 Å². The van der Waals surface area contributed by atoms with Gasteiger partial charge in [0.05, 0.1) is 5.69 Å². The maximum Gasteiger partial charge on any atom is 0.135 e. The van der Waals surface area contributed by atoms with Crippen LogP contribution in [0.25, 0.3) is 0 Å². The van der Waals surface area contributed by atoms with Crippen molar-refractivity contribution in [1.29, 1.82) is 0 Å². The van der Waals surface area contributed by atoms with E-state index in [0.29, 0.717) is 0 Å². The first-order valence-corrected chi connectivity index (χ1v) is 7.50. The van der Waals surface area contributed by atoms with Gasteiger partial charge in [-0.05, 0) is 24.1 Å². The van der Waals surface area contributed by atoms with Crippen molar-refractivity contribution in [3.05, 3.63) is 47.7 Å². The maximum absolute atomic E-state index is 4.74. The molecule has 21 heavy (non-hydrogen) atoms. The molecule has 0 aromatic carbocycles. The summed E-state index contributed by atoms with van der Waals surface area (Å²) < 4.78 is 0. The second-order valence-corrected chi connectivity index (χ2v) is 6.26. The average Bonchev–Trinajstić information content (AvgIpc) is 2.45. The fraction of sp³-hybridized carbons (Fsp3) is 0.471. The van der Waals surface area contributed by atoms with Gasteiger partial charge in [0, 0.05) is 36.8 Å². The molecule has 0 bridgehead atoms. The van der Waals surface area contributed by atoms with Gasteiger partial charge in [0.25, 0.3) is 0 Å². The minimum Gasteiger partial charge on any atom is -0.370 e. The molecule has 0 fully saturated rings. The highest BCUT2D eigenvalue weighted by Gasteiger charge is 2.18. The molecule has 2 aromatic rings. The Morgan fingerprint density at radius 1 is 1.10 bits per heavy atom. The molecule has 1 N–H and O–H groups in total. The van der Waals surface area contributed by atoms with E-state index in [9.17, 15) is 0 Å². The highest BCUT2D eigenvalue weighted by atomic mass is 15.0. The van der Waals surface area contributed by atoms with Gasteiger partial charge < -0.3 is 5.32 Å². The zero-order valence-corrected chi connectivity index (χ0v) is 13.3. The first-order valence-electron chi connectivity index (χ1n) is 7.50. The molecule has 4 nitrogen and oxygen atoms in total. The predicted octanol–water partition coefficient (Wildman–Crippen LogP) is 3.58. The molecule has 0 saturated carbocycles. The summed E-state index contributed by atoms with van der Waals surface area (Å²) in [5.41, 5.74) is 2.26. The highest BCUT2D eigenvalue weighted by molar-refractivity contribution is 5.38. The fourth-order valence-electron chi connectivity index (χ4n) is 1.99. The van der Waals surface area contributed by atoms with Crippen LogP contribution in [0.4, 0.5) is 5.82 Å². The lowest BCUT2D eigenvalue weighted by Gasteiger charge is -2.19. The summed E-state index contributed by atoms with van der Waals surface area (Å²) in [5, 5.41) is 3.37. The van der Waals surface area contributed by atoms with E-state index in [1.807, 2.05) is 12.1 Å². The van der Waals surface area contributed by atoms with Crippen LogP contribution in [0.15, 0.2) is 30.6 Å². The van der Waals surface area contributed by atoms with E-state index in [0.717, 1.165) is 36.7 Å². The third kappa shape index (κ3) is 4.52. The molecule has 4 heteroatoms. The Morgan fingerprint density at radius 3 is 2.43 bits per heavy atom. The quantitative estimate of drug-likeness (QED) is 0.911. The Hall–Kier alpha value is -1.97. The molecular formula is C17H24N4. The van der Waals surface area contributed by atoms with Crippen LogP contribution in [0.5, 0.6) is 0 Å². The van der Waals surface area contributed by atoms with Crippen molar-refractivity contribution in [3.8, 4) is 0 Å². The Balaban J connectivity index is 2.30. The molecule has 0 aliphatic carbocycles. The molecule has 112 valence electrons. The molecular weight excluding hydrogens is 260 g/mol. The van der Waals surface area contributed by atoms with Crippen LogP contribution in [0.1, 0.15) is 51.2 Å². The lowest BCUT2D eigenvalue weighted by molar-refractivity contribution is 0.563. The van der Waals surface area contributed by atoms with Gasteiger partial charge in [0.2, 0.25) is 0 Å². The maximum atomic E-state index is 4.74. The van der Waals surface area contributed by atoms with Crippen molar-refractivity contribution in [2.75, 3.05) is 11.9 Å². The van der Waals surface area contributed by atoms with Crippen molar-refractivity contribution in [3.63, 3.8) is 0 Å². The lowest BCUT2D eigenvalue weighted by atomic mass is 9.92. The first kappa shape index (κ1) is 15.4. The van der Waals surface area contributed by atoms with Crippen LogP contribution in [-0.2, 0) is 11.8 Å². The lowest BCUT2D eigenvalue weighted by Crippen LogP contribution is -2.17. The van der Waals surface area contributed by atoms with E-state index in [1.165, 1.54) is 5.56 Å². The minimum absolute atomic E-state index is 0.0125. The Morgan fingerprint density at radius 2 is 1.81 bits per heavy atom. The van der Waals surface area contributed by atoms with Gasteiger partial charge in [-0.15, -0.1) is 0 Å².